The number of carboxylic acids is 1. The first kappa shape index (κ1) is 24.1. The number of rotatable bonds is 11. The summed E-state index contributed by atoms with van der Waals surface area (Å²) >= 11 is 1.54. The van der Waals surface area contributed by atoms with E-state index >= 15 is 0 Å². The third-order valence-electron chi connectivity index (χ3n) is 7.26. The Kier molecular flexibility index (Phi) is 7.41. The number of aliphatic carboxylic acids is 1. The average Bonchev–Trinajstić information content (AvgIpc) is 3.35. The van der Waals surface area contributed by atoms with Crippen molar-refractivity contribution in [3.8, 4) is 0 Å². The van der Waals surface area contributed by atoms with Crippen molar-refractivity contribution < 1.29 is 24.6 Å². The van der Waals surface area contributed by atoms with Gasteiger partial charge in [0.05, 0.1) is 29.2 Å². The Bertz CT molecular complexity index is 729. The largest absolute Gasteiger partial charge is 0.481 e. The lowest BCUT2D eigenvalue weighted by Gasteiger charge is -2.40. The van der Waals surface area contributed by atoms with E-state index in [0.717, 1.165) is 19.3 Å². The van der Waals surface area contributed by atoms with Crippen molar-refractivity contribution in [2.45, 2.75) is 75.0 Å². The van der Waals surface area contributed by atoms with Gasteiger partial charge in [0.25, 0.3) is 0 Å². The maximum Gasteiger partial charge on any atom is 0.308 e. The van der Waals surface area contributed by atoms with Crippen molar-refractivity contribution in [1.82, 2.24) is 9.80 Å². The summed E-state index contributed by atoms with van der Waals surface area (Å²) in [6.45, 7) is 10.5. The summed E-state index contributed by atoms with van der Waals surface area (Å²) in [5.41, 5.74) is 0. The number of hydrogen-bond donors (Lipinski definition) is 2. The van der Waals surface area contributed by atoms with Crippen molar-refractivity contribution in [3.63, 3.8) is 0 Å². The molecule has 8 heteroatoms. The lowest BCUT2D eigenvalue weighted by atomic mass is 9.71. The van der Waals surface area contributed by atoms with Crippen molar-refractivity contribution in [1.29, 1.82) is 0 Å². The van der Waals surface area contributed by atoms with Crippen LogP contribution in [0.15, 0.2) is 12.7 Å². The van der Waals surface area contributed by atoms with E-state index in [1.165, 1.54) is 11.8 Å². The highest BCUT2D eigenvalue weighted by Crippen LogP contribution is 2.66. The van der Waals surface area contributed by atoms with Gasteiger partial charge in [-0.3, -0.25) is 14.4 Å². The lowest BCUT2D eigenvalue weighted by Crippen LogP contribution is -2.58. The summed E-state index contributed by atoms with van der Waals surface area (Å²) in [4.78, 5) is 43.1. The fraction of sp³-hybridized carbons (Fsp3) is 0.783. The van der Waals surface area contributed by atoms with E-state index in [-0.39, 0.29) is 29.6 Å². The van der Waals surface area contributed by atoms with Crippen LogP contribution in [0.25, 0.3) is 0 Å². The van der Waals surface area contributed by atoms with Crippen LogP contribution in [-0.2, 0) is 14.4 Å². The van der Waals surface area contributed by atoms with Crippen molar-refractivity contribution >= 4 is 29.5 Å². The van der Waals surface area contributed by atoms with Crippen LogP contribution >= 0.6 is 11.8 Å². The Morgan fingerprint density at radius 2 is 2.10 bits per heavy atom. The van der Waals surface area contributed by atoms with Crippen LogP contribution < -0.4 is 0 Å². The normalized spacial score (nSPS) is 32.4. The van der Waals surface area contributed by atoms with Crippen LogP contribution in [0.5, 0.6) is 0 Å². The van der Waals surface area contributed by atoms with Crippen LogP contribution in [0.4, 0.5) is 0 Å². The van der Waals surface area contributed by atoms with E-state index in [0.29, 0.717) is 25.9 Å². The summed E-state index contributed by atoms with van der Waals surface area (Å²) < 4.78 is -0.728. The molecular formula is C23H36N2O5S. The molecule has 0 aromatic heterocycles. The fourth-order valence-corrected chi connectivity index (χ4v) is 7.99. The maximum atomic E-state index is 14.0. The second kappa shape index (κ2) is 9.53. The Morgan fingerprint density at radius 1 is 1.39 bits per heavy atom. The molecule has 0 radical (unpaired) electrons. The number of nitrogens with zero attached hydrogens (tertiary/aromatic N) is 2. The van der Waals surface area contributed by atoms with Crippen LogP contribution in [0.1, 0.15) is 52.9 Å². The molecule has 3 aliphatic heterocycles. The molecule has 2 N–H and O–H groups in total. The molecule has 31 heavy (non-hydrogen) atoms. The van der Waals surface area contributed by atoms with E-state index in [4.69, 9.17) is 0 Å². The minimum atomic E-state index is -0.957. The zero-order valence-corrected chi connectivity index (χ0v) is 19.6. The van der Waals surface area contributed by atoms with E-state index in [1.807, 2.05) is 13.8 Å². The van der Waals surface area contributed by atoms with Gasteiger partial charge in [-0.2, -0.15) is 0 Å². The molecule has 7 nitrogen and oxygen atoms in total. The molecule has 3 rings (SSSR count). The zero-order chi connectivity index (χ0) is 22.9. The number of thioether (sulfide) groups is 1. The highest BCUT2D eigenvalue weighted by atomic mass is 32.2. The van der Waals surface area contributed by atoms with E-state index in [1.54, 1.807) is 15.9 Å². The molecule has 3 heterocycles. The van der Waals surface area contributed by atoms with Gasteiger partial charge < -0.3 is 20.0 Å². The van der Waals surface area contributed by atoms with Crippen LogP contribution in [0.3, 0.4) is 0 Å². The van der Waals surface area contributed by atoms with Crippen LogP contribution in [0.2, 0.25) is 0 Å². The molecule has 174 valence electrons. The lowest BCUT2D eigenvalue weighted by molar-refractivity contribution is -0.150. The number of carbonyl (C=O) groups is 3. The Morgan fingerprint density at radius 3 is 2.65 bits per heavy atom. The first-order chi connectivity index (χ1) is 14.7. The van der Waals surface area contributed by atoms with Gasteiger partial charge in [-0.15, -0.1) is 18.3 Å². The van der Waals surface area contributed by atoms with Gasteiger partial charge in [0.2, 0.25) is 11.8 Å². The van der Waals surface area contributed by atoms with Gasteiger partial charge in [0.15, 0.2) is 0 Å². The Balaban J connectivity index is 2.04. The number of hydrogen-bond acceptors (Lipinski definition) is 5. The molecule has 6 atom stereocenters. The molecule has 2 bridgehead atoms. The first-order valence-electron chi connectivity index (χ1n) is 11.5. The summed E-state index contributed by atoms with van der Waals surface area (Å²) in [5, 5.41) is 19.9. The number of unbranched alkanes of at least 4 members (excludes halogenated alkanes) is 2. The number of aliphatic hydroxyl groups excluding tert-OH is 1. The number of aliphatic hydroxyl groups is 1. The average molecular weight is 453 g/mol. The number of carbonyl (C=O) groups excluding carboxylic acids is 2. The smallest absolute Gasteiger partial charge is 0.308 e. The van der Waals surface area contributed by atoms with Gasteiger partial charge in [-0.25, -0.2) is 0 Å². The summed E-state index contributed by atoms with van der Waals surface area (Å²) in [5.74, 6) is -2.91. The second-order valence-electron chi connectivity index (χ2n) is 9.41. The molecule has 0 aliphatic carbocycles. The fourth-order valence-electron chi connectivity index (χ4n) is 5.80. The zero-order valence-electron chi connectivity index (χ0n) is 18.8. The molecular weight excluding hydrogens is 416 g/mol. The van der Waals surface area contributed by atoms with Crippen molar-refractivity contribution in [3.05, 3.63) is 12.7 Å². The standard InChI is InChI=1S/C23H36N2O5S/c1-5-7-8-12-24(11-6-2)21(28)19-23-10-9-16(31-23)17(22(29)30)18(23)20(27)25(19)15(13-26)14(3)4/h6,14-19,26H,2,5,7-13H2,1,3-4H3,(H,29,30)/t15-,16-,17+,18-,19?,23?/m0/s1. The summed E-state index contributed by atoms with van der Waals surface area (Å²) in [6, 6.07) is -1.26. The molecule has 0 aromatic rings. The van der Waals surface area contributed by atoms with Crippen LogP contribution in [-0.4, -0.2) is 79.6 Å². The third kappa shape index (κ3) is 3.90. The highest BCUT2D eigenvalue weighted by Gasteiger charge is 2.74. The van der Waals surface area contributed by atoms with E-state index < -0.39 is 34.6 Å². The predicted octanol–water partition coefficient (Wildman–Crippen LogP) is 2.38. The van der Waals surface area contributed by atoms with Gasteiger partial charge in [0.1, 0.15) is 6.04 Å². The molecule has 0 saturated carbocycles. The monoisotopic (exact) mass is 452 g/mol. The molecule has 2 unspecified atom stereocenters. The molecule has 2 amide bonds. The minimum absolute atomic E-state index is 0.0575. The van der Waals surface area contributed by atoms with Gasteiger partial charge in [-0.1, -0.05) is 39.7 Å². The van der Waals surface area contributed by atoms with Crippen LogP contribution in [0, 0.1) is 17.8 Å². The van der Waals surface area contributed by atoms with Crippen molar-refractivity contribution in [2.24, 2.45) is 17.8 Å². The predicted molar refractivity (Wildman–Crippen MR) is 121 cm³/mol. The SMILES string of the molecule is C=CCN(CCCCC)C(=O)C1N([C@@H](CO)C(C)C)C(=O)[C@@H]2[C@H](C(=O)O)[C@@H]3CCC12S3. The quantitative estimate of drug-likeness (QED) is 0.369. The maximum absolute atomic E-state index is 14.0. The molecule has 3 saturated heterocycles. The number of amides is 2. The van der Waals surface area contributed by atoms with Crippen molar-refractivity contribution in [2.75, 3.05) is 19.7 Å². The topological polar surface area (TPSA) is 98.2 Å². The molecule has 1 spiro atoms. The molecule has 3 fully saturated rings. The first-order valence-corrected chi connectivity index (χ1v) is 12.4. The van der Waals surface area contributed by atoms with Gasteiger partial charge >= 0.3 is 5.97 Å². The van der Waals surface area contributed by atoms with E-state index in [2.05, 4.69) is 13.5 Å². The van der Waals surface area contributed by atoms with Gasteiger partial charge in [-0.05, 0) is 25.2 Å². The number of carboxylic acid groups (broad SMARTS) is 1. The number of fused-ring (bicyclic) bond motifs is 1. The van der Waals surface area contributed by atoms with Gasteiger partial charge in [0, 0.05) is 18.3 Å². The Hall–Kier alpha value is -1.54. The summed E-state index contributed by atoms with van der Waals surface area (Å²) in [7, 11) is 0. The minimum Gasteiger partial charge on any atom is -0.481 e. The molecule has 3 aliphatic rings. The summed E-state index contributed by atoms with van der Waals surface area (Å²) in [6.07, 6.45) is 5.97. The highest BCUT2D eigenvalue weighted by molar-refractivity contribution is 8.02. The number of likely N-dealkylation sites (tertiary alicyclic amines) is 1. The Labute approximate surface area is 189 Å². The third-order valence-corrected chi connectivity index (χ3v) is 9.22. The van der Waals surface area contributed by atoms with E-state index in [9.17, 15) is 24.6 Å². The second-order valence-corrected chi connectivity index (χ2v) is 11.0. The molecule has 0 aromatic carbocycles.